The van der Waals surface area contributed by atoms with Gasteiger partial charge in [0.15, 0.2) is 0 Å². The van der Waals surface area contributed by atoms with E-state index >= 15 is 0 Å². The number of hydrogen-bond donors (Lipinski definition) is 0. The second kappa shape index (κ2) is 14.3. The van der Waals surface area contributed by atoms with Crippen molar-refractivity contribution in [2.45, 2.75) is 58.3 Å². The van der Waals surface area contributed by atoms with Gasteiger partial charge in [-0.3, -0.25) is 0 Å². The van der Waals surface area contributed by atoms with Gasteiger partial charge in [0, 0.05) is 6.61 Å². The summed E-state index contributed by atoms with van der Waals surface area (Å²) in [4.78, 5) is 13.2. The van der Waals surface area contributed by atoms with Crippen LogP contribution in [0.15, 0.2) is 4.99 Å². The van der Waals surface area contributed by atoms with E-state index in [1.165, 1.54) is 51.0 Å². The molecule has 0 aromatic heterocycles. The summed E-state index contributed by atoms with van der Waals surface area (Å²) in [5.74, 6) is 0. The van der Waals surface area contributed by atoms with Crippen LogP contribution in [0.1, 0.15) is 58.3 Å². The highest BCUT2D eigenvalue weighted by Gasteiger charge is 1.92. The Morgan fingerprint density at radius 1 is 0.938 bits per heavy atom. The molecule has 0 aliphatic carbocycles. The van der Waals surface area contributed by atoms with Crippen LogP contribution in [0.2, 0.25) is 0 Å². The average Bonchev–Trinajstić information content (AvgIpc) is 2.31. The summed E-state index contributed by atoms with van der Waals surface area (Å²) in [5, 5.41) is 0. The second-order valence-electron chi connectivity index (χ2n) is 4.06. The summed E-state index contributed by atoms with van der Waals surface area (Å²) in [5.41, 5.74) is 0. The Morgan fingerprint density at radius 2 is 1.56 bits per heavy atom. The Balaban J connectivity index is 2.90. The maximum Gasteiger partial charge on any atom is 0.235 e. The molecule has 0 N–H and O–H groups in total. The first-order valence-corrected chi connectivity index (χ1v) is 6.53. The Hall–Kier alpha value is -0.660. The molecule has 0 unspecified atom stereocenters. The fourth-order valence-corrected chi connectivity index (χ4v) is 1.60. The van der Waals surface area contributed by atoms with Gasteiger partial charge in [0.1, 0.15) is 0 Å². The van der Waals surface area contributed by atoms with Crippen molar-refractivity contribution in [3.63, 3.8) is 0 Å². The molecule has 0 spiro atoms. The van der Waals surface area contributed by atoms with E-state index in [-0.39, 0.29) is 0 Å². The van der Waals surface area contributed by atoms with Crippen LogP contribution in [0, 0.1) is 0 Å². The van der Waals surface area contributed by atoms with Crippen molar-refractivity contribution in [1.82, 2.24) is 0 Å². The quantitative estimate of drug-likeness (QED) is 0.291. The summed E-state index contributed by atoms with van der Waals surface area (Å²) in [6.07, 6.45) is 12.0. The lowest BCUT2D eigenvalue weighted by Gasteiger charge is -2.02. The minimum Gasteiger partial charge on any atom is -0.379 e. The third-order valence-corrected chi connectivity index (χ3v) is 2.55. The molecule has 0 saturated carbocycles. The number of isocyanates is 1. The molecule has 0 aromatic carbocycles. The number of unbranched alkanes of at least 4 members (excludes halogenated alkanes) is 7. The molecular formula is C13H25NO2. The van der Waals surface area contributed by atoms with E-state index in [0.29, 0.717) is 13.2 Å². The molecule has 0 aliphatic heterocycles. The maximum absolute atomic E-state index is 9.74. The molecule has 0 heterocycles. The SMILES string of the molecule is CCCCCCCCCCOCCN=C=O. The molecule has 0 fully saturated rings. The number of ether oxygens (including phenoxy) is 1. The molecule has 0 amide bonds. The predicted octanol–water partition coefficient (Wildman–Crippen LogP) is 3.48. The normalized spacial score (nSPS) is 10.1. The Labute approximate surface area is 99.3 Å². The predicted molar refractivity (Wildman–Crippen MR) is 66.4 cm³/mol. The highest BCUT2D eigenvalue weighted by atomic mass is 16.5. The first kappa shape index (κ1) is 15.3. The molecule has 16 heavy (non-hydrogen) atoms. The average molecular weight is 227 g/mol. The highest BCUT2D eigenvalue weighted by molar-refractivity contribution is 5.32. The molecule has 94 valence electrons. The van der Waals surface area contributed by atoms with E-state index in [9.17, 15) is 4.79 Å². The number of hydrogen-bond acceptors (Lipinski definition) is 3. The third-order valence-electron chi connectivity index (χ3n) is 2.55. The zero-order valence-corrected chi connectivity index (χ0v) is 10.5. The Morgan fingerprint density at radius 3 is 2.19 bits per heavy atom. The number of carbonyl (C=O) groups excluding carboxylic acids is 1. The largest absolute Gasteiger partial charge is 0.379 e. The summed E-state index contributed by atoms with van der Waals surface area (Å²) < 4.78 is 5.31. The fourth-order valence-electron chi connectivity index (χ4n) is 1.60. The van der Waals surface area contributed by atoms with Crippen LogP contribution >= 0.6 is 0 Å². The molecule has 0 aromatic rings. The van der Waals surface area contributed by atoms with Gasteiger partial charge in [-0.2, -0.15) is 0 Å². The van der Waals surface area contributed by atoms with Gasteiger partial charge in [0.25, 0.3) is 0 Å². The lowest BCUT2D eigenvalue weighted by molar-refractivity contribution is 0.137. The topological polar surface area (TPSA) is 38.7 Å². The molecular weight excluding hydrogens is 202 g/mol. The minimum absolute atomic E-state index is 0.445. The van der Waals surface area contributed by atoms with Crippen LogP contribution in [0.4, 0.5) is 0 Å². The van der Waals surface area contributed by atoms with E-state index in [4.69, 9.17) is 4.74 Å². The van der Waals surface area contributed by atoms with Crippen LogP contribution in [0.5, 0.6) is 0 Å². The maximum atomic E-state index is 9.74. The summed E-state index contributed by atoms with van der Waals surface area (Å²) in [6.45, 7) is 4.03. The number of rotatable bonds is 12. The molecule has 0 radical (unpaired) electrons. The van der Waals surface area contributed by atoms with Crippen molar-refractivity contribution in [3.05, 3.63) is 0 Å². The van der Waals surface area contributed by atoms with Crippen molar-refractivity contribution in [3.8, 4) is 0 Å². The van der Waals surface area contributed by atoms with Gasteiger partial charge in [0.2, 0.25) is 6.08 Å². The fraction of sp³-hybridized carbons (Fsp3) is 0.923. The molecule has 0 rings (SSSR count). The van der Waals surface area contributed by atoms with Crippen molar-refractivity contribution in [1.29, 1.82) is 0 Å². The summed E-state index contributed by atoms with van der Waals surface area (Å²) in [6, 6.07) is 0. The monoisotopic (exact) mass is 227 g/mol. The first-order valence-electron chi connectivity index (χ1n) is 6.53. The van der Waals surface area contributed by atoms with Crippen LogP contribution in [-0.2, 0) is 9.53 Å². The standard InChI is InChI=1S/C13H25NO2/c1-2-3-4-5-6-7-8-9-11-16-12-10-14-13-15/h2-12H2,1H3. The third kappa shape index (κ3) is 13.3. The second-order valence-corrected chi connectivity index (χ2v) is 4.06. The number of nitrogens with zero attached hydrogens (tertiary/aromatic N) is 1. The zero-order chi connectivity index (χ0) is 11.9. The Kier molecular flexibility index (Phi) is 13.7. The van der Waals surface area contributed by atoms with Crippen molar-refractivity contribution < 1.29 is 9.53 Å². The molecule has 3 heteroatoms. The van der Waals surface area contributed by atoms with Gasteiger partial charge >= 0.3 is 0 Å². The van der Waals surface area contributed by atoms with Crippen LogP contribution in [0.25, 0.3) is 0 Å². The van der Waals surface area contributed by atoms with Crippen molar-refractivity contribution >= 4 is 6.08 Å². The van der Waals surface area contributed by atoms with E-state index in [1.807, 2.05) is 0 Å². The van der Waals surface area contributed by atoms with Gasteiger partial charge < -0.3 is 4.74 Å². The van der Waals surface area contributed by atoms with Gasteiger partial charge in [-0.05, 0) is 6.42 Å². The van der Waals surface area contributed by atoms with E-state index < -0.39 is 0 Å². The van der Waals surface area contributed by atoms with Gasteiger partial charge in [-0.1, -0.05) is 51.9 Å². The van der Waals surface area contributed by atoms with Gasteiger partial charge in [-0.25, -0.2) is 9.79 Å². The van der Waals surface area contributed by atoms with Crippen LogP contribution < -0.4 is 0 Å². The lowest BCUT2D eigenvalue weighted by atomic mass is 10.1. The van der Waals surface area contributed by atoms with E-state index in [0.717, 1.165) is 13.0 Å². The van der Waals surface area contributed by atoms with Crippen LogP contribution in [0.3, 0.4) is 0 Å². The molecule has 0 atom stereocenters. The lowest BCUT2D eigenvalue weighted by Crippen LogP contribution is -1.99. The van der Waals surface area contributed by atoms with E-state index in [2.05, 4.69) is 11.9 Å². The number of aliphatic imine (C=N–C) groups is 1. The molecule has 0 aliphatic rings. The molecule has 0 bridgehead atoms. The van der Waals surface area contributed by atoms with Crippen molar-refractivity contribution in [2.24, 2.45) is 4.99 Å². The van der Waals surface area contributed by atoms with Gasteiger partial charge in [-0.15, -0.1) is 0 Å². The smallest absolute Gasteiger partial charge is 0.235 e. The van der Waals surface area contributed by atoms with Gasteiger partial charge in [0.05, 0.1) is 13.2 Å². The molecule has 3 nitrogen and oxygen atoms in total. The van der Waals surface area contributed by atoms with Crippen molar-refractivity contribution in [2.75, 3.05) is 19.8 Å². The summed E-state index contributed by atoms with van der Waals surface area (Å²) >= 11 is 0. The summed E-state index contributed by atoms with van der Waals surface area (Å²) in [7, 11) is 0. The Bertz CT molecular complexity index is 177. The molecule has 0 saturated heterocycles. The zero-order valence-electron chi connectivity index (χ0n) is 10.5. The van der Waals surface area contributed by atoms with E-state index in [1.54, 1.807) is 0 Å². The first-order chi connectivity index (χ1) is 7.91. The minimum atomic E-state index is 0.445. The van der Waals surface area contributed by atoms with Crippen LogP contribution in [-0.4, -0.2) is 25.8 Å². The highest BCUT2D eigenvalue weighted by Crippen LogP contribution is 2.08.